The van der Waals surface area contributed by atoms with Gasteiger partial charge < -0.3 is 15.1 Å². The fourth-order valence-corrected chi connectivity index (χ4v) is 4.36. The molecule has 7 heteroatoms. The Bertz CT molecular complexity index is 647. The number of carboxylic acid groups (broad SMARTS) is 1. The zero-order chi connectivity index (χ0) is 16.4. The van der Waals surface area contributed by atoms with Crippen LogP contribution in [0.5, 0.6) is 0 Å². The number of hydrogen-bond acceptors (Lipinski definition) is 4. The summed E-state index contributed by atoms with van der Waals surface area (Å²) in [5, 5.41) is 18.5. The Hall–Kier alpha value is -1.86. The Kier molecular flexibility index (Phi) is 4.68. The fourth-order valence-electron chi connectivity index (χ4n) is 3.20. The van der Waals surface area contributed by atoms with E-state index in [9.17, 15) is 14.7 Å². The smallest absolute Gasteiger partial charge is 0.353 e. The summed E-state index contributed by atoms with van der Waals surface area (Å²) in [5.41, 5.74) is 0.136. The molecule has 0 bridgehead atoms. The van der Waals surface area contributed by atoms with Crippen molar-refractivity contribution >= 4 is 23.6 Å². The third kappa shape index (κ3) is 2.98. The number of nitrogens with zero attached hydrogens (tertiary/aromatic N) is 2. The summed E-state index contributed by atoms with van der Waals surface area (Å²) in [6.45, 7) is 0.733. The quantitative estimate of drug-likeness (QED) is 0.564. The summed E-state index contributed by atoms with van der Waals surface area (Å²) in [4.78, 5) is 25.8. The topological polar surface area (TPSA) is 81.7 Å². The summed E-state index contributed by atoms with van der Waals surface area (Å²) in [5.74, 6) is -0.705. The molecule has 2 aliphatic rings. The van der Waals surface area contributed by atoms with Gasteiger partial charge in [-0.2, -0.15) is 0 Å². The molecule has 23 heavy (non-hydrogen) atoms. The molecule has 122 valence electrons. The van der Waals surface area contributed by atoms with Gasteiger partial charge in [0.05, 0.1) is 17.7 Å². The lowest BCUT2D eigenvalue weighted by molar-refractivity contribution is -0.692. The number of rotatable bonds is 7. The minimum atomic E-state index is -1.04. The number of fused-ring (bicyclic) bond motifs is 1. The predicted molar refractivity (Wildman–Crippen MR) is 84.2 cm³/mol. The zero-order valence-corrected chi connectivity index (χ0v) is 13.4. The zero-order valence-electron chi connectivity index (χ0n) is 12.6. The molecule has 0 radical (unpaired) electrons. The van der Waals surface area contributed by atoms with Crippen LogP contribution in [0.25, 0.3) is 0 Å². The maximum absolute atomic E-state index is 12.1. The van der Waals surface area contributed by atoms with Gasteiger partial charge in [0, 0.05) is 30.1 Å². The van der Waals surface area contributed by atoms with Gasteiger partial charge in [-0.05, 0) is 6.42 Å². The van der Waals surface area contributed by atoms with E-state index in [-0.39, 0.29) is 30.2 Å². The summed E-state index contributed by atoms with van der Waals surface area (Å²) >= 11 is 1.51. The second kappa shape index (κ2) is 6.72. The van der Waals surface area contributed by atoms with Crippen molar-refractivity contribution in [2.75, 3.05) is 12.4 Å². The number of aliphatic hydroxyl groups excluding tert-OH is 1. The minimum Gasteiger partial charge on any atom is -0.477 e. The molecule has 0 aliphatic carbocycles. The molecule has 0 aromatic carbocycles. The molecule has 2 atom stereocenters. The first-order chi connectivity index (χ1) is 11.1. The average Bonchev–Trinajstić information content (AvgIpc) is 2.89. The first-order valence-electron chi connectivity index (χ1n) is 7.60. The van der Waals surface area contributed by atoms with Crippen molar-refractivity contribution in [3.8, 4) is 0 Å². The van der Waals surface area contributed by atoms with E-state index in [0.717, 1.165) is 17.2 Å². The first-order valence-corrected chi connectivity index (χ1v) is 8.59. The maximum atomic E-state index is 12.1. The number of thioether (sulfide) groups is 1. The van der Waals surface area contributed by atoms with E-state index in [1.165, 1.54) is 16.7 Å². The molecule has 2 N–H and O–H groups in total. The van der Waals surface area contributed by atoms with Gasteiger partial charge in [-0.15, -0.1) is 11.8 Å². The van der Waals surface area contributed by atoms with Crippen molar-refractivity contribution in [3.05, 3.63) is 41.2 Å². The van der Waals surface area contributed by atoms with Gasteiger partial charge in [-0.1, -0.05) is 6.07 Å². The maximum Gasteiger partial charge on any atom is 0.353 e. The Labute approximate surface area is 138 Å². The van der Waals surface area contributed by atoms with E-state index in [1.54, 1.807) is 0 Å². The van der Waals surface area contributed by atoms with Crippen LogP contribution in [0.2, 0.25) is 0 Å². The lowest BCUT2D eigenvalue weighted by Crippen LogP contribution is -2.58. The molecule has 0 spiro atoms. The second-order valence-electron chi connectivity index (χ2n) is 5.64. The van der Waals surface area contributed by atoms with Gasteiger partial charge in [0.15, 0.2) is 18.9 Å². The number of carbonyl (C=O) groups is 2. The predicted octanol–water partition coefficient (Wildman–Crippen LogP) is 0.617. The average molecular weight is 335 g/mol. The van der Waals surface area contributed by atoms with Crippen molar-refractivity contribution in [1.82, 2.24) is 4.90 Å². The Morgan fingerprint density at radius 1 is 1.35 bits per heavy atom. The minimum absolute atomic E-state index is 0.0454. The monoisotopic (exact) mass is 335 g/mol. The number of pyridine rings is 1. The van der Waals surface area contributed by atoms with Gasteiger partial charge in [-0.3, -0.25) is 4.79 Å². The molecule has 0 unspecified atom stereocenters. The SMILES string of the molecule is O=C(O)C1=C(SCC[n+]2ccccc2)C[C@@H]2[C@H](CCO)C(=O)N12. The highest BCUT2D eigenvalue weighted by atomic mass is 32.2. The van der Waals surface area contributed by atoms with E-state index < -0.39 is 5.97 Å². The fraction of sp³-hybridized carbons (Fsp3) is 0.438. The lowest BCUT2D eigenvalue weighted by Gasteiger charge is -2.43. The number of carbonyl (C=O) groups excluding carboxylic acids is 1. The molecule has 6 nitrogen and oxygen atoms in total. The molecular weight excluding hydrogens is 316 g/mol. The van der Waals surface area contributed by atoms with Crippen LogP contribution in [-0.2, 0) is 16.1 Å². The number of aromatic nitrogens is 1. The highest BCUT2D eigenvalue weighted by Crippen LogP contribution is 2.46. The number of β-lactam (4-membered cyclic amide) rings is 1. The lowest BCUT2D eigenvalue weighted by atomic mass is 9.85. The van der Waals surface area contributed by atoms with E-state index >= 15 is 0 Å². The van der Waals surface area contributed by atoms with Crippen LogP contribution < -0.4 is 4.57 Å². The van der Waals surface area contributed by atoms with Gasteiger partial charge in [0.2, 0.25) is 5.91 Å². The van der Waals surface area contributed by atoms with E-state index in [2.05, 4.69) is 0 Å². The van der Waals surface area contributed by atoms with Crippen LogP contribution in [0.15, 0.2) is 41.2 Å². The number of carboxylic acids is 1. The number of aliphatic hydroxyl groups is 1. The number of aryl methyl sites for hydroxylation is 1. The molecule has 1 aromatic rings. The van der Waals surface area contributed by atoms with Crippen molar-refractivity contribution in [1.29, 1.82) is 0 Å². The van der Waals surface area contributed by atoms with Gasteiger partial charge >= 0.3 is 5.97 Å². The highest BCUT2D eigenvalue weighted by Gasteiger charge is 2.54. The molecule has 1 fully saturated rings. The van der Waals surface area contributed by atoms with Crippen LogP contribution in [0, 0.1) is 5.92 Å². The Morgan fingerprint density at radius 2 is 2.09 bits per heavy atom. The van der Waals surface area contributed by atoms with Crippen LogP contribution in [-0.4, -0.2) is 45.4 Å². The van der Waals surface area contributed by atoms with Crippen LogP contribution in [0.3, 0.4) is 0 Å². The number of hydrogen-bond donors (Lipinski definition) is 2. The van der Waals surface area contributed by atoms with Crippen molar-refractivity contribution < 1.29 is 24.4 Å². The molecule has 3 heterocycles. The molecular formula is C16H19N2O4S+. The first kappa shape index (κ1) is 16.0. The van der Waals surface area contributed by atoms with Crippen molar-refractivity contribution in [2.24, 2.45) is 5.92 Å². The second-order valence-corrected chi connectivity index (χ2v) is 6.83. The van der Waals surface area contributed by atoms with Gasteiger partial charge in [0.1, 0.15) is 5.70 Å². The van der Waals surface area contributed by atoms with Crippen LogP contribution in [0.4, 0.5) is 0 Å². The van der Waals surface area contributed by atoms with E-state index in [1.807, 2.05) is 35.2 Å². The number of amides is 1. The molecule has 1 saturated heterocycles. The molecule has 1 aromatic heterocycles. The summed E-state index contributed by atoms with van der Waals surface area (Å²) in [7, 11) is 0. The van der Waals surface area contributed by atoms with E-state index in [4.69, 9.17) is 5.11 Å². The molecule has 2 aliphatic heterocycles. The van der Waals surface area contributed by atoms with Crippen LogP contribution in [0.1, 0.15) is 12.8 Å². The molecule has 3 rings (SSSR count). The standard InChI is InChI=1S/C16H18N2O4S/c19-8-4-11-12-10-13(14(16(21)22)18(12)15(11)20)23-9-7-17-5-2-1-3-6-17/h1-3,5-6,11-12,19H,4,7-10H2/p+1/t11-,12+/m0/s1. The van der Waals surface area contributed by atoms with E-state index in [0.29, 0.717) is 12.8 Å². The summed E-state index contributed by atoms with van der Waals surface area (Å²) in [6.07, 6.45) is 4.93. The van der Waals surface area contributed by atoms with Crippen LogP contribution >= 0.6 is 11.8 Å². The van der Waals surface area contributed by atoms with Crippen molar-refractivity contribution in [2.45, 2.75) is 25.4 Å². The third-order valence-electron chi connectivity index (χ3n) is 4.30. The van der Waals surface area contributed by atoms with Gasteiger partial charge in [0.25, 0.3) is 0 Å². The largest absolute Gasteiger partial charge is 0.477 e. The normalized spacial score (nSPS) is 23.0. The number of aliphatic carboxylic acids is 1. The third-order valence-corrected chi connectivity index (χ3v) is 5.39. The molecule has 0 saturated carbocycles. The Balaban J connectivity index is 1.66. The summed E-state index contributed by atoms with van der Waals surface area (Å²) < 4.78 is 2.04. The summed E-state index contributed by atoms with van der Waals surface area (Å²) in [6, 6.07) is 5.76. The van der Waals surface area contributed by atoms with Gasteiger partial charge in [-0.25, -0.2) is 9.36 Å². The Morgan fingerprint density at radius 3 is 2.74 bits per heavy atom. The highest BCUT2D eigenvalue weighted by molar-refractivity contribution is 8.03. The van der Waals surface area contributed by atoms with Crippen molar-refractivity contribution in [3.63, 3.8) is 0 Å². The molecule has 1 amide bonds.